The van der Waals surface area contributed by atoms with Gasteiger partial charge in [-0.1, -0.05) is 17.7 Å². The van der Waals surface area contributed by atoms with Gasteiger partial charge in [0.2, 0.25) is 0 Å². The molecule has 3 saturated heterocycles. The molecule has 0 saturated carbocycles. The molecule has 46 heavy (non-hydrogen) atoms. The number of nitrogens with zero attached hydrogens (tertiary/aromatic N) is 6. The normalized spacial score (nSPS) is 25.5. The Morgan fingerprint density at radius 3 is 2.61 bits per heavy atom. The summed E-state index contributed by atoms with van der Waals surface area (Å²) in [6.07, 6.45) is 2.20. The lowest BCUT2D eigenvalue weighted by molar-refractivity contribution is -0.146. The van der Waals surface area contributed by atoms with Crippen molar-refractivity contribution >= 4 is 46.7 Å². The Bertz CT molecular complexity index is 1570. The molecule has 0 radical (unpaired) electrons. The van der Waals surface area contributed by atoms with Gasteiger partial charge in [0.25, 0.3) is 0 Å². The monoisotopic (exact) mass is 673 g/mol. The van der Waals surface area contributed by atoms with E-state index in [0.717, 1.165) is 0 Å². The lowest BCUT2D eigenvalue weighted by atomic mass is 9.95. The van der Waals surface area contributed by atoms with Crippen LogP contribution >= 0.6 is 22.9 Å². The van der Waals surface area contributed by atoms with E-state index in [4.69, 9.17) is 26.1 Å². The van der Waals surface area contributed by atoms with Gasteiger partial charge >= 0.3 is 18.0 Å². The van der Waals surface area contributed by atoms with E-state index in [9.17, 15) is 18.8 Å². The van der Waals surface area contributed by atoms with Crippen LogP contribution < -0.4 is 5.32 Å². The van der Waals surface area contributed by atoms with Crippen LogP contribution in [0.5, 0.6) is 0 Å². The number of nitrogens with one attached hydrogen (secondary N) is 1. The molecule has 2 amide bonds. The molecule has 4 aliphatic rings. The molecule has 4 aliphatic heterocycles. The quantitative estimate of drug-likeness (QED) is 0.422. The van der Waals surface area contributed by atoms with Gasteiger partial charge in [-0.2, -0.15) is 0 Å². The number of carbonyl (C=O) groups is 3. The molecule has 0 bridgehead atoms. The molecule has 3 fully saturated rings. The summed E-state index contributed by atoms with van der Waals surface area (Å²) in [6.45, 7) is 7.25. The molecule has 15 heteroatoms. The first-order valence-electron chi connectivity index (χ1n) is 15.2. The molecule has 2 aromatic rings. The largest absolute Gasteiger partial charge is 0.468 e. The minimum Gasteiger partial charge on any atom is -0.468 e. The maximum Gasteiger partial charge on any atom is 0.338 e. The Morgan fingerprint density at radius 1 is 1.13 bits per heavy atom. The molecule has 246 valence electrons. The average molecular weight is 674 g/mol. The number of methoxy groups -OCH3 is 2. The van der Waals surface area contributed by atoms with Crippen LogP contribution in [0.4, 0.5) is 9.18 Å². The number of amidine groups is 1. The van der Waals surface area contributed by atoms with Crippen LogP contribution in [0.25, 0.3) is 0 Å². The van der Waals surface area contributed by atoms with Crippen molar-refractivity contribution in [1.29, 1.82) is 0 Å². The van der Waals surface area contributed by atoms with Gasteiger partial charge in [0.05, 0.1) is 25.8 Å². The molecule has 6 rings (SSSR count). The van der Waals surface area contributed by atoms with Gasteiger partial charge in [0.1, 0.15) is 17.9 Å². The number of aromatic nitrogens is 1. The third-order valence-electron chi connectivity index (χ3n) is 9.17. The number of ether oxygens (including phenoxy) is 2. The minimum atomic E-state index is -0.852. The number of piperazine rings is 1. The number of halogens is 2. The highest BCUT2D eigenvalue weighted by Crippen LogP contribution is 2.37. The summed E-state index contributed by atoms with van der Waals surface area (Å²) in [5.41, 5.74) is 1.32. The number of benzene rings is 1. The van der Waals surface area contributed by atoms with Gasteiger partial charge in [-0.3, -0.25) is 19.6 Å². The summed E-state index contributed by atoms with van der Waals surface area (Å²) in [5, 5.41) is 5.94. The number of aliphatic imine (C=N–C) groups is 1. The van der Waals surface area contributed by atoms with Gasteiger partial charge < -0.3 is 24.6 Å². The van der Waals surface area contributed by atoms with Crippen molar-refractivity contribution in [2.75, 3.05) is 53.5 Å². The smallest absolute Gasteiger partial charge is 0.338 e. The number of thiazole rings is 1. The number of fused-ring (bicyclic) bond motifs is 1. The number of urea groups is 1. The van der Waals surface area contributed by atoms with Crippen molar-refractivity contribution in [2.24, 2.45) is 4.99 Å². The topological polar surface area (TPSA) is 120 Å². The van der Waals surface area contributed by atoms with Crippen LogP contribution in [0.2, 0.25) is 5.02 Å². The predicted molar refractivity (Wildman–Crippen MR) is 170 cm³/mol. The SMILES string of the molecule is COC(=O)C1=C(CN2CCN3C(=O)N([C@H]4C[C@@H](C(=O)OC)N(C(C)C)C4)CC3C2)NC(c2nccs2)=NC1c1ccc(F)cc1Cl. The van der Waals surface area contributed by atoms with Crippen LogP contribution in [-0.2, 0) is 19.1 Å². The highest BCUT2D eigenvalue weighted by atomic mass is 35.5. The minimum absolute atomic E-state index is 0.0154. The van der Waals surface area contributed by atoms with Crippen molar-refractivity contribution in [3.8, 4) is 0 Å². The Balaban J connectivity index is 1.24. The van der Waals surface area contributed by atoms with Crippen molar-refractivity contribution in [3.63, 3.8) is 0 Å². The first kappa shape index (κ1) is 32.4. The second kappa shape index (κ2) is 13.3. The first-order chi connectivity index (χ1) is 22.1. The van der Waals surface area contributed by atoms with E-state index in [0.29, 0.717) is 67.8 Å². The molecule has 1 aromatic heterocycles. The van der Waals surface area contributed by atoms with Gasteiger partial charge in [-0.15, -0.1) is 11.3 Å². The Labute approximate surface area is 275 Å². The lowest BCUT2D eigenvalue weighted by Crippen LogP contribution is -2.53. The lowest BCUT2D eigenvalue weighted by Gasteiger charge is -2.38. The maximum atomic E-state index is 14.0. The van der Waals surface area contributed by atoms with Crippen LogP contribution in [0.3, 0.4) is 0 Å². The zero-order valence-electron chi connectivity index (χ0n) is 26.1. The molecule has 4 atom stereocenters. The van der Waals surface area contributed by atoms with Gasteiger partial charge in [0, 0.05) is 79.2 Å². The third kappa shape index (κ3) is 6.10. The van der Waals surface area contributed by atoms with Gasteiger partial charge in [-0.05, 0) is 32.4 Å². The number of hydrogen-bond donors (Lipinski definition) is 1. The van der Waals surface area contributed by atoms with E-state index in [2.05, 4.69) is 20.1 Å². The number of amides is 2. The molecule has 0 aliphatic carbocycles. The molecule has 0 spiro atoms. The fourth-order valence-corrected chi connectivity index (χ4v) is 7.80. The van der Waals surface area contributed by atoms with Crippen molar-refractivity contribution in [3.05, 3.63) is 62.5 Å². The number of carbonyl (C=O) groups excluding carboxylic acids is 3. The number of esters is 2. The Morgan fingerprint density at radius 2 is 1.93 bits per heavy atom. The highest BCUT2D eigenvalue weighted by molar-refractivity contribution is 7.11. The van der Waals surface area contributed by atoms with Gasteiger partial charge in [-0.25, -0.2) is 19.0 Å². The molecular formula is C31H37ClFN7O5S. The number of hydrogen-bond acceptors (Lipinski definition) is 11. The van der Waals surface area contributed by atoms with Crippen LogP contribution in [0.15, 0.2) is 46.0 Å². The zero-order valence-corrected chi connectivity index (χ0v) is 27.7. The van der Waals surface area contributed by atoms with Crippen molar-refractivity contribution < 1.29 is 28.2 Å². The van der Waals surface area contributed by atoms with Crippen LogP contribution in [-0.4, -0.2) is 126 Å². The average Bonchev–Trinajstić information content (AvgIpc) is 3.80. The fourth-order valence-electron chi connectivity index (χ4n) is 6.94. The Hall–Kier alpha value is -3.59. The van der Waals surface area contributed by atoms with E-state index >= 15 is 0 Å². The summed E-state index contributed by atoms with van der Waals surface area (Å²) >= 11 is 7.89. The van der Waals surface area contributed by atoms with E-state index in [1.165, 1.54) is 43.8 Å². The standard InChI is InChI=1S/C31H37ClFN7O5S/c1-17(2)39-14-19(12-24(39)29(41)44-3)40-15-20-13-37(8-9-38(20)31(40)43)16-23-25(30(42)45-4)26(21-6-5-18(33)11-22(21)32)36-27(35-23)28-34-7-10-46-28/h5-7,10-11,17,19-20,24,26H,8-9,12-16H2,1-4H3,(H,35,36)/t19-,20?,24-,26?/m0/s1. The summed E-state index contributed by atoms with van der Waals surface area (Å²) in [6, 6.07) is 2.75. The van der Waals surface area contributed by atoms with Crippen LogP contribution in [0, 0.1) is 5.82 Å². The second-order valence-electron chi connectivity index (χ2n) is 12.1. The summed E-state index contributed by atoms with van der Waals surface area (Å²) in [4.78, 5) is 56.8. The molecule has 2 unspecified atom stereocenters. The maximum absolute atomic E-state index is 14.0. The van der Waals surface area contributed by atoms with E-state index in [-0.39, 0.29) is 46.8 Å². The van der Waals surface area contributed by atoms with E-state index in [1.54, 1.807) is 6.20 Å². The number of rotatable bonds is 8. The van der Waals surface area contributed by atoms with Gasteiger partial charge in [0.15, 0.2) is 10.8 Å². The summed E-state index contributed by atoms with van der Waals surface area (Å²) < 4.78 is 24.3. The summed E-state index contributed by atoms with van der Waals surface area (Å²) in [7, 11) is 2.70. The fraction of sp³-hybridized carbons (Fsp3) is 0.516. The molecule has 5 heterocycles. The summed E-state index contributed by atoms with van der Waals surface area (Å²) in [5.74, 6) is -0.877. The second-order valence-corrected chi connectivity index (χ2v) is 13.4. The van der Waals surface area contributed by atoms with Crippen molar-refractivity contribution in [2.45, 2.75) is 50.5 Å². The molecule has 12 nitrogen and oxygen atoms in total. The molecular weight excluding hydrogens is 637 g/mol. The Kier molecular flexibility index (Phi) is 9.33. The number of likely N-dealkylation sites (tertiary alicyclic amines) is 1. The van der Waals surface area contributed by atoms with Crippen LogP contribution in [0.1, 0.15) is 36.9 Å². The van der Waals surface area contributed by atoms with E-state index in [1.807, 2.05) is 29.0 Å². The highest BCUT2D eigenvalue weighted by Gasteiger charge is 2.48. The van der Waals surface area contributed by atoms with E-state index < -0.39 is 17.8 Å². The predicted octanol–water partition coefficient (Wildman–Crippen LogP) is 2.90. The molecule has 1 N–H and O–H groups in total. The van der Waals surface area contributed by atoms with Crippen molar-refractivity contribution in [1.82, 2.24) is 29.9 Å². The zero-order chi connectivity index (χ0) is 32.7. The third-order valence-corrected chi connectivity index (χ3v) is 10.3. The molecule has 1 aromatic carbocycles. The first-order valence-corrected chi connectivity index (χ1v) is 16.5.